The predicted molar refractivity (Wildman–Crippen MR) is 89.7 cm³/mol. The van der Waals surface area contributed by atoms with Gasteiger partial charge in [-0.3, -0.25) is 4.79 Å². The van der Waals surface area contributed by atoms with E-state index < -0.39 is 0 Å². The second-order valence-electron chi connectivity index (χ2n) is 5.51. The Morgan fingerprint density at radius 3 is 2.75 bits per heavy atom. The predicted octanol–water partition coefficient (Wildman–Crippen LogP) is 1.17. The van der Waals surface area contributed by atoms with Crippen LogP contribution in [-0.2, 0) is 0 Å². The third kappa shape index (κ3) is 2.06. The first kappa shape index (κ1) is 14.1. The van der Waals surface area contributed by atoms with Crippen LogP contribution in [0.1, 0.15) is 0 Å². The van der Waals surface area contributed by atoms with E-state index in [9.17, 15) is 4.79 Å². The Morgan fingerprint density at radius 1 is 1.21 bits per heavy atom. The van der Waals surface area contributed by atoms with Crippen LogP contribution in [0.2, 0.25) is 0 Å². The van der Waals surface area contributed by atoms with Crippen LogP contribution in [0.25, 0.3) is 33.5 Å². The average molecular weight is 323 g/mol. The molecule has 3 N–H and O–H groups in total. The number of fused-ring (bicyclic) bond motifs is 2. The zero-order chi connectivity index (χ0) is 16.8. The molecule has 0 atom stereocenters. The molecule has 0 amide bonds. The second-order valence-corrected chi connectivity index (χ2v) is 5.51. The lowest BCUT2D eigenvalue weighted by molar-refractivity contribution is 0.658. The molecule has 120 valence electrons. The van der Waals surface area contributed by atoms with Crippen molar-refractivity contribution in [3.8, 4) is 11.4 Å². The molecule has 4 aromatic rings. The lowest BCUT2D eigenvalue weighted by atomic mass is 10.1. The number of aromatic nitrogens is 5. The van der Waals surface area contributed by atoms with E-state index in [-0.39, 0.29) is 22.6 Å². The molecule has 1 aromatic carbocycles. The Balaban J connectivity index is 2.04. The van der Waals surface area contributed by atoms with Crippen LogP contribution >= 0.6 is 0 Å². The van der Waals surface area contributed by atoms with E-state index in [1.54, 1.807) is 18.2 Å². The number of hydrogen-bond donors (Lipinski definition) is 2. The van der Waals surface area contributed by atoms with Crippen molar-refractivity contribution in [2.45, 2.75) is 0 Å². The van der Waals surface area contributed by atoms with E-state index in [0.29, 0.717) is 22.1 Å². The standard InChI is InChI=1S/C15H13N7O2/c1-22(2)7-3-4-10-8(5-7)13(23)12-11(24-10)6-9(14(16)17-12)15-18-20-21-19-15/h3-6H,1-2H3,(H2,16,17)(H,18,19,20,21). The number of nitrogen functional groups attached to an aromatic ring is 1. The smallest absolute Gasteiger partial charge is 0.219 e. The summed E-state index contributed by atoms with van der Waals surface area (Å²) < 4.78 is 5.83. The van der Waals surface area contributed by atoms with Gasteiger partial charge in [-0.1, -0.05) is 0 Å². The van der Waals surface area contributed by atoms with Crippen LogP contribution in [-0.4, -0.2) is 39.7 Å². The van der Waals surface area contributed by atoms with Crippen molar-refractivity contribution in [3.05, 3.63) is 34.5 Å². The van der Waals surface area contributed by atoms with Crippen molar-refractivity contribution in [1.82, 2.24) is 25.6 Å². The molecule has 0 aliphatic rings. The quantitative estimate of drug-likeness (QED) is 0.526. The molecule has 0 radical (unpaired) electrons. The number of nitrogens with two attached hydrogens (primary N) is 1. The minimum Gasteiger partial charge on any atom is -0.454 e. The average Bonchev–Trinajstić information content (AvgIpc) is 3.09. The Kier molecular flexibility index (Phi) is 2.95. The molecule has 9 nitrogen and oxygen atoms in total. The second kappa shape index (κ2) is 5.01. The third-order valence-corrected chi connectivity index (χ3v) is 3.76. The normalized spacial score (nSPS) is 11.2. The topological polar surface area (TPSA) is 127 Å². The molecule has 24 heavy (non-hydrogen) atoms. The number of tetrazole rings is 1. The largest absolute Gasteiger partial charge is 0.454 e. The Hall–Kier alpha value is -3.49. The maximum absolute atomic E-state index is 12.8. The van der Waals surface area contributed by atoms with Gasteiger partial charge in [0.2, 0.25) is 11.3 Å². The van der Waals surface area contributed by atoms with Crippen molar-refractivity contribution >= 4 is 33.6 Å². The van der Waals surface area contributed by atoms with E-state index in [1.165, 1.54) is 0 Å². The molecule has 3 aromatic heterocycles. The molecule has 0 fully saturated rings. The van der Waals surface area contributed by atoms with Gasteiger partial charge in [0.05, 0.1) is 10.9 Å². The van der Waals surface area contributed by atoms with Crippen LogP contribution in [0.3, 0.4) is 0 Å². The molecular formula is C15H13N7O2. The number of pyridine rings is 1. The highest BCUT2D eigenvalue weighted by Gasteiger charge is 2.16. The van der Waals surface area contributed by atoms with Gasteiger partial charge < -0.3 is 15.1 Å². The fourth-order valence-corrected chi connectivity index (χ4v) is 2.51. The highest BCUT2D eigenvalue weighted by Crippen LogP contribution is 2.27. The van der Waals surface area contributed by atoms with Crippen LogP contribution in [0.4, 0.5) is 11.5 Å². The van der Waals surface area contributed by atoms with Gasteiger partial charge in [-0.05, 0) is 29.5 Å². The Labute approximate surface area is 135 Å². The summed E-state index contributed by atoms with van der Waals surface area (Å²) in [5.74, 6) is 0.423. The van der Waals surface area contributed by atoms with E-state index in [1.807, 2.05) is 25.1 Å². The van der Waals surface area contributed by atoms with Gasteiger partial charge in [0.1, 0.15) is 11.4 Å². The number of anilines is 2. The molecule has 4 rings (SSSR count). The minimum atomic E-state index is -0.235. The molecule has 0 aliphatic carbocycles. The molecule has 0 spiro atoms. The van der Waals surface area contributed by atoms with Gasteiger partial charge >= 0.3 is 0 Å². The van der Waals surface area contributed by atoms with Crippen LogP contribution in [0.15, 0.2) is 33.5 Å². The number of benzene rings is 1. The van der Waals surface area contributed by atoms with Crippen LogP contribution < -0.4 is 16.1 Å². The lowest BCUT2D eigenvalue weighted by Crippen LogP contribution is -2.11. The van der Waals surface area contributed by atoms with Gasteiger partial charge in [0.25, 0.3) is 0 Å². The summed E-state index contributed by atoms with van der Waals surface area (Å²) in [4.78, 5) is 18.9. The summed E-state index contributed by atoms with van der Waals surface area (Å²) in [5, 5.41) is 14.1. The minimum absolute atomic E-state index is 0.138. The maximum Gasteiger partial charge on any atom is 0.219 e. The number of hydrogen-bond acceptors (Lipinski definition) is 8. The first-order valence-corrected chi connectivity index (χ1v) is 7.13. The highest BCUT2D eigenvalue weighted by atomic mass is 16.3. The zero-order valence-electron chi connectivity index (χ0n) is 12.9. The van der Waals surface area contributed by atoms with Gasteiger partial charge in [0.15, 0.2) is 11.1 Å². The first-order valence-electron chi connectivity index (χ1n) is 7.13. The summed E-state index contributed by atoms with van der Waals surface area (Å²) >= 11 is 0. The molecule has 0 bridgehead atoms. The SMILES string of the molecule is CN(C)c1ccc2oc3cc(-c4nn[nH]n4)c(N)nc3c(=O)c2c1. The van der Waals surface area contributed by atoms with Gasteiger partial charge in [-0.15, -0.1) is 10.2 Å². The van der Waals surface area contributed by atoms with E-state index in [0.717, 1.165) is 5.69 Å². The number of nitrogens with one attached hydrogen (secondary N) is 1. The summed E-state index contributed by atoms with van der Waals surface area (Å²) in [7, 11) is 3.80. The summed E-state index contributed by atoms with van der Waals surface area (Å²) in [6.45, 7) is 0. The zero-order valence-corrected chi connectivity index (χ0v) is 12.9. The third-order valence-electron chi connectivity index (χ3n) is 3.76. The molecule has 9 heteroatoms. The molecular weight excluding hydrogens is 310 g/mol. The Morgan fingerprint density at radius 2 is 2.04 bits per heavy atom. The maximum atomic E-state index is 12.8. The van der Waals surface area contributed by atoms with Crippen molar-refractivity contribution in [3.63, 3.8) is 0 Å². The Bertz CT molecular complexity index is 1120. The van der Waals surface area contributed by atoms with Crippen molar-refractivity contribution in [2.75, 3.05) is 24.7 Å². The van der Waals surface area contributed by atoms with Crippen LogP contribution in [0, 0.1) is 0 Å². The summed E-state index contributed by atoms with van der Waals surface area (Å²) in [6.07, 6.45) is 0. The molecule has 0 unspecified atom stereocenters. The van der Waals surface area contributed by atoms with Crippen LogP contribution in [0.5, 0.6) is 0 Å². The van der Waals surface area contributed by atoms with Gasteiger partial charge in [-0.25, -0.2) is 4.98 Å². The van der Waals surface area contributed by atoms with Gasteiger partial charge in [-0.2, -0.15) is 5.21 Å². The summed E-state index contributed by atoms with van der Waals surface area (Å²) in [5.41, 5.74) is 8.02. The van der Waals surface area contributed by atoms with Gasteiger partial charge in [0, 0.05) is 19.8 Å². The summed E-state index contributed by atoms with van der Waals surface area (Å²) in [6, 6.07) is 7.01. The highest BCUT2D eigenvalue weighted by molar-refractivity contribution is 5.92. The monoisotopic (exact) mass is 323 g/mol. The molecule has 0 saturated carbocycles. The fourth-order valence-electron chi connectivity index (χ4n) is 2.51. The number of H-pyrrole nitrogens is 1. The molecule has 0 saturated heterocycles. The molecule has 3 heterocycles. The fraction of sp³-hybridized carbons (Fsp3) is 0.133. The van der Waals surface area contributed by atoms with E-state index in [4.69, 9.17) is 10.2 Å². The van der Waals surface area contributed by atoms with E-state index >= 15 is 0 Å². The number of aromatic amines is 1. The van der Waals surface area contributed by atoms with Crippen molar-refractivity contribution < 1.29 is 4.42 Å². The van der Waals surface area contributed by atoms with Crippen molar-refractivity contribution in [1.29, 1.82) is 0 Å². The molecule has 0 aliphatic heterocycles. The number of nitrogens with zero attached hydrogens (tertiary/aromatic N) is 5. The van der Waals surface area contributed by atoms with Crippen molar-refractivity contribution in [2.24, 2.45) is 0 Å². The number of rotatable bonds is 2. The van der Waals surface area contributed by atoms with E-state index in [2.05, 4.69) is 25.6 Å². The lowest BCUT2D eigenvalue weighted by Gasteiger charge is -2.12. The first-order chi connectivity index (χ1) is 11.5.